The molecule has 0 spiro atoms. The molecular weight excluding hydrogens is 467 g/mol. The molecule has 0 atom stereocenters. The van der Waals surface area contributed by atoms with Crippen LogP contribution in [0.1, 0.15) is 37.2 Å². The molecule has 156 valence electrons. The Labute approximate surface area is 185 Å². The lowest BCUT2D eigenvalue weighted by molar-refractivity contribution is 0.128. The summed E-state index contributed by atoms with van der Waals surface area (Å²) in [5.74, 6) is 2.25. The van der Waals surface area contributed by atoms with Crippen molar-refractivity contribution in [2.24, 2.45) is 10.9 Å². The van der Waals surface area contributed by atoms with Gasteiger partial charge in [-0.15, -0.1) is 24.0 Å². The summed E-state index contributed by atoms with van der Waals surface area (Å²) in [5, 5.41) is 11.0. The average Bonchev–Trinajstić information content (AvgIpc) is 2.99. The Bertz CT molecular complexity index is 727. The first kappa shape index (κ1) is 24.4. The lowest BCUT2D eigenvalue weighted by atomic mass is 10.1. The van der Waals surface area contributed by atoms with E-state index in [-0.39, 0.29) is 24.0 Å². The van der Waals surface area contributed by atoms with E-state index in [0.717, 1.165) is 48.3 Å². The summed E-state index contributed by atoms with van der Waals surface area (Å²) < 4.78 is 7.46. The first-order valence-corrected chi connectivity index (χ1v) is 9.50. The van der Waals surface area contributed by atoms with Crippen molar-refractivity contribution < 1.29 is 4.74 Å². The molecule has 0 aliphatic heterocycles. The summed E-state index contributed by atoms with van der Waals surface area (Å²) in [6, 6.07) is 6.07. The fourth-order valence-electron chi connectivity index (χ4n) is 2.58. The predicted octanol–water partition coefficient (Wildman–Crippen LogP) is 3.23. The van der Waals surface area contributed by atoms with Gasteiger partial charge in [-0.05, 0) is 43.9 Å². The van der Waals surface area contributed by atoms with Crippen LogP contribution in [0.15, 0.2) is 29.4 Å². The molecule has 0 bridgehead atoms. The second kappa shape index (κ2) is 12.7. The maximum Gasteiger partial charge on any atom is 0.191 e. The molecule has 0 aromatic carbocycles. The van der Waals surface area contributed by atoms with Gasteiger partial charge in [-0.25, -0.2) is 9.67 Å². The van der Waals surface area contributed by atoms with Crippen molar-refractivity contribution in [1.29, 1.82) is 0 Å². The van der Waals surface area contributed by atoms with Crippen LogP contribution in [0.4, 0.5) is 0 Å². The first-order valence-electron chi connectivity index (χ1n) is 9.50. The number of aromatic nitrogens is 3. The number of aryl methyl sites for hydroxylation is 2. The third-order valence-corrected chi connectivity index (χ3v) is 4.10. The second-order valence-electron chi connectivity index (χ2n) is 7.01. The fourth-order valence-corrected chi connectivity index (χ4v) is 2.58. The minimum atomic E-state index is 0. The third kappa shape index (κ3) is 8.14. The molecule has 28 heavy (non-hydrogen) atoms. The molecule has 0 fully saturated rings. The van der Waals surface area contributed by atoms with E-state index >= 15 is 0 Å². The molecule has 2 N–H and O–H groups in total. The summed E-state index contributed by atoms with van der Waals surface area (Å²) in [6.07, 6.45) is 2.95. The molecule has 0 aliphatic rings. The number of aliphatic imine (C=N–C) groups is 1. The predicted molar refractivity (Wildman–Crippen MR) is 125 cm³/mol. The normalized spacial score (nSPS) is 11.4. The van der Waals surface area contributed by atoms with Gasteiger partial charge < -0.3 is 15.4 Å². The van der Waals surface area contributed by atoms with Gasteiger partial charge in [0, 0.05) is 38.6 Å². The summed E-state index contributed by atoms with van der Waals surface area (Å²) in [5.41, 5.74) is 3.14. The number of guanidine groups is 1. The van der Waals surface area contributed by atoms with E-state index in [1.807, 2.05) is 42.9 Å². The molecule has 7 nitrogen and oxygen atoms in total. The van der Waals surface area contributed by atoms with E-state index in [0.29, 0.717) is 19.1 Å². The van der Waals surface area contributed by atoms with E-state index in [9.17, 15) is 0 Å². The zero-order valence-corrected chi connectivity index (χ0v) is 19.9. The quantitative estimate of drug-likeness (QED) is 0.239. The molecule has 2 aromatic rings. The van der Waals surface area contributed by atoms with E-state index in [1.165, 1.54) is 0 Å². The van der Waals surface area contributed by atoms with Gasteiger partial charge >= 0.3 is 0 Å². The Morgan fingerprint density at radius 2 is 2.00 bits per heavy atom. The van der Waals surface area contributed by atoms with Crippen LogP contribution in [0.5, 0.6) is 0 Å². The van der Waals surface area contributed by atoms with E-state index in [4.69, 9.17) is 4.74 Å². The van der Waals surface area contributed by atoms with Gasteiger partial charge in [0.15, 0.2) is 11.8 Å². The number of hydrogen-bond donors (Lipinski definition) is 2. The van der Waals surface area contributed by atoms with Crippen LogP contribution in [0.3, 0.4) is 0 Å². The minimum absolute atomic E-state index is 0. The van der Waals surface area contributed by atoms with Crippen molar-refractivity contribution in [2.45, 2.75) is 40.7 Å². The highest BCUT2D eigenvalue weighted by Gasteiger charge is 2.05. The molecule has 0 unspecified atom stereocenters. The molecule has 2 rings (SSSR count). The number of hydrogen-bond acceptors (Lipinski definition) is 4. The Morgan fingerprint density at radius 3 is 2.57 bits per heavy atom. The lowest BCUT2D eigenvalue weighted by Gasteiger charge is -2.12. The zero-order valence-electron chi connectivity index (χ0n) is 17.5. The van der Waals surface area contributed by atoms with Gasteiger partial charge in [-0.3, -0.25) is 4.99 Å². The Balaban J connectivity index is 0.00000392. The van der Waals surface area contributed by atoms with E-state index in [1.54, 1.807) is 7.05 Å². The standard InChI is InChI=1S/C20H32N6O.HI/c1-15(2)8-10-27-11-9-22-20(21-5)24-14-18-6-7-19(23-13-18)26-17(4)12-16(3)25-26;/h6-7,12-13,15H,8-11,14H2,1-5H3,(H2,21,22,24);1H. The van der Waals surface area contributed by atoms with E-state index in [2.05, 4.69) is 39.6 Å². The molecule has 8 heteroatoms. The number of nitrogens with one attached hydrogen (secondary N) is 2. The number of pyridine rings is 1. The summed E-state index contributed by atoms with van der Waals surface area (Å²) in [4.78, 5) is 8.75. The number of nitrogens with zero attached hydrogens (tertiary/aromatic N) is 4. The number of rotatable bonds is 9. The smallest absolute Gasteiger partial charge is 0.191 e. The summed E-state index contributed by atoms with van der Waals surface area (Å²) in [6.45, 7) is 11.3. The topological polar surface area (TPSA) is 76.4 Å². The maximum atomic E-state index is 5.61. The van der Waals surface area contributed by atoms with Crippen molar-refractivity contribution in [3.05, 3.63) is 41.3 Å². The molecule has 2 aromatic heterocycles. The Morgan fingerprint density at radius 1 is 1.21 bits per heavy atom. The molecule has 2 heterocycles. The third-order valence-electron chi connectivity index (χ3n) is 4.10. The lowest BCUT2D eigenvalue weighted by Crippen LogP contribution is -2.38. The summed E-state index contributed by atoms with van der Waals surface area (Å²) in [7, 11) is 1.76. The van der Waals surface area contributed by atoms with Crippen LogP contribution in [-0.4, -0.2) is 47.5 Å². The van der Waals surface area contributed by atoms with Gasteiger partial charge in [0.1, 0.15) is 0 Å². The van der Waals surface area contributed by atoms with Crippen LogP contribution >= 0.6 is 24.0 Å². The maximum absolute atomic E-state index is 5.61. The highest BCUT2D eigenvalue weighted by molar-refractivity contribution is 14.0. The Hall–Kier alpha value is -1.68. The van der Waals surface area contributed by atoms with Crippen LogP contribution in [0, 0.1) is 19.8 Å². The van der Waals surface area contributed by atoms with Crippen LogP contribution in [-0.2, 0) is 11.3 Å². The molecule has 0 saturated heterocycles. The van der Waals surface area contributed by atoms with Crippen LogP contribution in [0.25, 0.3) is 5.82 Å². The van der Waals surface area contributed by atoms with Crippen LogP contribution in [0.2, 0.25) is 0 Å². The van der Waals surface area contributed by atoms with Gasteiger partial charge in [-0.2, -0.15) is 5.10 Å². The minimum Gasteiger partial charge on any atom is -0.380 e. The number of ether oxygens (including phenoxy) is 1. The van der Waals surface area contributed by atoms with Crippen molar-refractivity contribution in [1.82, 2.24) is 25.4 Å². The van der Waals surface area contributed by atoms with Gasteiger partial charge in [0.25, 0.3) is 0 Å². The SMILES string of the molecule is CN=C(NCCOCCC(C)C)NCc1ccc(-n2nc(C)cc2C)nc1.I. The molecule has 0 amide bonds. The van der Waals surface area contributed by atoms with Gasteiger partial charge in [0.2, 0.25) is 0 Å². The van der Waals surface area contributed by atoms with Gasteiger partial charge in [0.05, 0.1) is 12.3 Å². The molecule has 0 saturated carbocycles. The van der Waals surface area contributed by atoms with E-state index < -0.39 is 0 Å². The second-order valence-corrected chi connectivity index (χ2v) is 7.01. The van der Waals surface area contributed by atoms with Crippen molar-refractivity contribution in [2.75, 3.05) is 26.8 Å². The largest absolute Gasteiger partial charge is 0.380 e. The molecule has 0 aliphatic carbocycles. The summed E-state index contributed by atoms with van der Waals surface area (Å²) >= 11 is 0. The average molecular weight is 500 g/mol. The number of halogens is 1. The monoisotopic (exact) mass is 500 g/mol. The highest BCUT2D eigenvalue weighted by atomic mass is 127. The zero-order chi connectivity index (χ0) is 19.6. The van der Waals surface area contributed by atoms with Crippen molar-refractivity contribution >= 4 is 29.9 Å². The van der Waals surface area contributed by atoms with Gasteiger partial charge in [-0.1, -0.05) is 19.9 Å². The first-order chi connectivity index (χ1) is 13.0. The fraction of sp³-hybridized carbons (Fsp3) is 0.550. The van der Waals surface area contributed by atoms with Crippen molar-refractivity contribution in [3.8, 4) is 5.82 Å². The highest BCUT2D eigenvalue weighted by Crippen LogP contribution is 2.10. The molecule has 0 radical (unpaired) electrons. The van der Waals surface area contributed by atoms with Crippen LogP contribution < -0.4 is 10.6 Å². The Kier molecular flexibility index (Phi) is 11.1. The van der Waals surface area contributed by atoms with Crippen molar-refractivity contribution in [3.63, 3.8) is 0 Å². The molecular formula is C20H33IN6O.